The first-order chi connectivity index (χ1) is 15.6. The number of ether oxygens (including phenoxy) is 4. The molecule has 0 saturated heterocycles. The summed E-state index contributed by atoms with van der Waals surface area (Å²) in [5, 5.41) is 15.1. The van der Waals surface area contributed by atoms with Gasteiger partial charge in [-0.15, -0.1) is 5.10 Å². The molecule has 1 heterocycles. The van der Waals surface area contributed by atoms with E-state index in [1.807, 2.05) is 13.8 Å². The van der Waals surface area contributed by atoms with Crippen molar-refractivity contribution < 1.29 is 23.7 Å². The number of hydrogen-bond donors (Lipinski definition) is 1. The van der Waals surface area contributed by atoms with Gasteiger partial charge in [-0.05, 0) is 48.5 Å². The van der Waals surface area contributed by atoms with Crippen LogP contribution in [0.4, 0.5) is 5.69 Å². The average Bonchev–Trinajstić information content (AvgIpc) is 3.28. The van der Waals surface area contributed by atoms with Gasteiger partial charge in [-0.1, -0.05) is 11.8 Å². The first kappa shape index (κ1) is 23.2. The number of carbonyl (C=O) groups is 1. The Kier molecular flexibility index (Phi) is 8.14. The van der Waals surface area contributed by atoms with Gasteiger partial charge >= 0.3 is 0 Å². The van der Waals surface area contributed by atoms with E-state index in [9.17, 15) is 4.79 Å². The minimum atomic E-state index is -0.230. The number of nitrogens with zero attached hydrogens (tertiary/aromatic N) is 4. The van der Waals surface area contributed by atoms with Crippen LogP contribution < -0.4 is 24.3 Å². The molecule has 170 valence electrons. The molecule has 1 aromatic heterocycles. The van der Waals surface area contributed by atoms with E-state index in [1.165, 1.54) is 16.4 Å². The lowest BCUT2D eigenvalue weighted by atomic mass is 10.2. The van der Waals surface area contributed by atoms with Crippen LogP contribution in [0.5, 0.6) is 23.0 Å². The van der Waals surface area contributed by atoms with Crippen molar-refractivity contribution >= 4 is 23.4 Å². The third-order valence-electron chi connectivity index (χ3n) is 4.22. The molecule has 0 atom stereocenters. The van der Waals surface area contributed by atoms with Crippen LogP contribution in [0.15, 0.2) is 41.6 Å². The maximum Gasteiger partial charge on any atom is 0.234 e. The van der Waals surface area contributed by atoms with Gasteiger partial charge in [0, 0.05) is 12.1 Å². The summed E-state index contributed by atoms with van der Waals surface area (Å²) in [6.07, 6.45) is 0. The number of hydrogen-bond acceptors (Lipinski definition) is 9. The van der Waals surface area contributed by atoms with Crippen LogP contribution in [0.25, 0.3) is 5.69 Å². The second kappa shape index (κ2) is 11.2. The van der Waals surface area contributed by atoms with E-state index in [1.54, 1.807) is 50.6 Å². The summed E-state index contributed by atoms with van der Waals surface area (Å²) < 4.78 is 23.3. The van der Waals surface area contributed by atoms with E-state index in [0.29, 0.717) is 52.7 Å². The highest BCUT2D eigenvalue weighted by Gasteiger charge is 2.15. The summed E-state index contributed by atoms with van der Waals surface area (Å²) in [6.45, 7) is 4.78. The summed E-state index contributed by atoms with van der Waals surface area (Å²) >= 11 is 1.20. The van der Waals surface area contributed by atoms with Gasteiger partial charge in [0.15, 0.2) is 11.5 Å². The highest BCUT2D eigenvalue weighted by Crippen LogP contribution is 2.31. The van der Waals surface area contributed by atoms with Gasteiger partial charge in [-0.3, -0.25) is 4.79 Å². The minimum absolute atomic E-state index is 0.0953. The Balaban J connectivity index is 1.71. The highest BCUT2D eigenvalue weighted by molar-refractivity contribution is 7.99. The molecule has 32 heavy (non-hydrogen) atoms. The average molecular weight is 460 g/mol. The van der Waals surface area contributed by atoms with E-state index in [4.69, 9.17) is 18.9 Å². The molecule has 0 aliphatic carbocycles. The predicted octanol–water partition coefficient (Wildman–Crippen LogP) is 3.21. The molecule has 3 aromatic rings. The smallest absolute Gasteiger partial charge is 0.234 e. The van der Waals surface area contributed by atoms with Gasteiger partial charge in [0.25, 0.3) is 0 Å². The fourth-order valence-corrected chi connectivity index (χ4v) is 3.54. The molecule has 0 fully saturated rings. The van der Waals surface area contributed by atoms with Crippen molar-refractivity contribution in [1.82, 2.24) is 20.2 Å². The van der Waals surface area contributed by atoms with Crippen LogP contribution in [-0.4, -0.2) is 59.3 Å². The molecule has 3 rings (SSSR count). The summed E-state index contributed by atoms with van der Waals surface area (Å²) in [4.78, 5) is 12.6. The Bertz CT molecular complexity index is 1060. The standard InChI is InChI=1S/C21H25N5O5S/c1-5-30-15-8-10-17(31-6-2)16(12-15)22-20(27)13-32-21-23-24-25-26(21)14-7-9-18(28-3)19(11-14)29-4/h7-12H,5-6,13H2,1-4H3,(H,22,27). The van der Waals surface area contributed by atoms with E-state index in [0.717, 1.165) is 0 Å². The topological polar surface area (TPSA) is 110 Å². The lowest BCUT2D eigenvalue weighted by Gasteiger charge is -2.13. The van der Waals surface area contributed by atoms with Gasteiger partial charge in [0.05, 0.1) is 44.6 Å². The number of aromatic nitrogens is 4. The van der Waals surface area contributed by atoms with Gasteiger partial charge in [-0.25, -0.2) is 0 Å². The minimum Gasteiger partial charge on any atom is -0.494 e. The summed E-state index contributed by atoms with van der Waals surface area (Å²) in [7, 11) is 3.12. The number of tetrazole rings is 1. The van der Waals surface area contributed by atoms with E-state index < -0.39 is 0 Å². The third-order valence-corrected chi connectivity index (χ3v) is 5.14. The molecular formula is C21H25N5O5S. The molecule has 0 aliphatic heterocycles. The van der Waals surface area contributed by atoms with Crippen LogP contribution in [0.3, 0.4) is 0 Å². The lowest BCUT2D eigenvalue weighted by molar-refractivity contribution is -0.113. The fourth-order valence-electron chi connectivity index (χ4n) is 2.85. The maximum atomic E-state index is 12.6. The molecular weight excluding hydrogens is 434 g/mol. The normalized spacial score (nSPS) is 10.5. The largest absolute Gasteiger partial charge is 0.494 e. The number of benzene rings is 2. The maximum absolute atomic E-state index is 12.6. The Morgan fingerprint density at radius 1 is 1.00 bits per heavy atom. The first-order valence-corrected chi connectivity index (χ1v) is 10.9. The molecule has 0 unspecified atom stereocenters. The van der Waals surface area contributed by atoms with Crippen LogP contribution in [0, 0.1) is 0 Å². The number of nitrogens with one attached hydrogen (secondary N) is 1. The van der Waals surface area contributed by atoms with Crippen LogP contribution in [0.1, 0.15) is 13.8 Å². The fraction of sp³-hybridized carbons (Fsp3) is 0.333. The summed E-state index contributed by atoms with van der Waals surface area (Å²) in [5.41, 5.74) is 1.22. The van der Waals surface area contributed by atoms with Gasteiger partial charge in [-0.2, -0.15) is 4.68 Å². The molecule has 0 aliphatic rings. The zero-order valence-electron chi connectivity index (χ0n) is 18.3. The first-order valence-electron chi connectivity index (χ1n) is 9.92. The Labute approximate surface area is 190 Å². The second-order valence-electron chi connectivity index (χ2n) is 6.27. The number of carbonyl (C=O) groups excluding carboxylic acids is 1. The molecule has 0 spiro atoms. The highest BCUT2D eigenvalue weighted by atomic mass is 32.2. The second-order valence-corrected chi connectivity index (χ2v) is 7.22. The van der Waals surface area contributed by atoms with Crippen LogP contribution >= 0.6 is 11.8 Å². The van der Waals surface area contributed by atoms with Crippen molar-refractivity contribution in [2.75, 3.05) is 38.5 Å². The van der Waals surface area contributed by atoms with Gasteiger partial charge in [0.1, 0.15) is 11.5 Å². The SMILES string of the molecule is CCOc1ccc(OCC)c(NC(=O)CSc2nnnn2-c2ccc(OC)c(OC)c2)c1. The van der Waals surface area contributed by atoms with Crippen molar-refractivity contribution in [3.63, 3.8) is 0 Å². The molecule has 0 bridgehead atoms. The zero-order chi connectivity index (χ0) is 22.9. The molecule has 11 heteroatoms. The van der Waals surface area contributed by atoms with Crippen molar-refractivity contribution in [1.29, 1.82) is 0 Å². The van der Waals surface area contributed by atoms with Crippen molar-refractivity contribution in [3.05, 3.63) is 36.4 Å². The number of amides is 1. The predicted molar refractivity (Wildman–Crippen MR) is 120 cm³/mol. The number of rotatable bonds is 11. The van der Waals surface area contributed by atoms with Crippen molar-refractivity contribution in [2.45, 2.75) is 19.0 Å². The van der Waals surface area contributed by atoms with Crippen LogP contribution in [-0.2, 0) is 4.79 Å². The Morgan fingerprint density at radius 3 is 2.47 bits per heavy atom. The summed E-state index contributed by atoms with van der Waals surface area (Å²) in [6, 6.07) is 10.6. The molecule has 0 radical (unpaired) electrons. The van der Waals surface area contributed by atoms with E-state index >= 15 is 0 Å². The number of thioether (sulfide) groups is 1. The van der Waals surface area contributed by atoms with Crippen molar-refractivity contribution in [2.24, 2.45) is 0 Å². The Hall–Kier alpha value is -3.47. The molecule has 0 saturated carbocycles. The number of methoxy groups -OCH3 is 2. The molecule has 2 aromatic carbocycles. The van der Waals surface area contributed by atoms with E-state index in [-0.39, 0.29) is 11.7 Å². The molecule has 10 nitrogen and oxygen atoms in total. The Morgan fingerprint density at radius 2 is 1.75 bits per heavy atom. The molecule has 1 amide bonds. The van der Waals surface area contributed by atoms with E-state index in [2.05, 4.69) is 20.8 Å². The number of anilines is 1. The third kappa shape index (κ3) is 5.61. The summed E-state index contributed by atoms with van der Waals surface area (Å²) in [5.74, 6) is 2.23. The van der Waals surface area contributed by atoms with Crippen molar-refractivity contribution in [3.8, 4) is 28.7 Å². The quantitative estimate of drug-likeness (QED) is 0.432. The van der Waals surface area contributed by atoms with Gasteiger partial charge < -0.3 is 24.3 Å². The zero-order valence-corrected chi connectivity index (χ0v) is 19.1. The van der Waals surface area contributed by atoms with Crippen LogP contribution in [0.2, 0.25) is 0 Å². The molecule has 1 N–H and O–H groups in total. The van der Waals surface area contributed by atoms with Gasteiger partial charge in [0.2, 0.25) is 11.1 Å². The lowest BCUT2D eigenvalue weighted by Crippen LogP contribution is -2.15. The monoisotopic (exact) mass is 459 g/mol.